The van der Waals surface area contributed by atoms with Gasteiger partial charge in [0.15, 0.2) is 5.13 Å². The molecule has 2 heterocycles. The Balaban J connectivity index is 2.17. The number of rotatable bonds is 4. The van der Waals surface area contributed by atoms with Gasteiger partial charge in [0.1, 0.15) is 10.7 Å². The summed E-state index contributed by atoms with van der Waals surface area (Å²) in [6.45, 7) is 7.59. The van der Waals surface area contributed by atoms with Crippen LogP contribution in [0.25, 0.3) is 0 Å². The van der Waals surface area contributed by atoms with E-state index in [-0.39, 0.29) is 5.91 Å². The Hall–Kier alpha value is -1.30. The summed E-state index contributed by atoms with van der Waals surface area (Å²) in [7, 11) is 0. The monoisotopic (exact) mass is 282 g/mol. The fourth-order valence-electron chi connectivity index (χ4n) is 2.34. The number of carbonyl (C=O) groups excluding carboxylic acids is 1. The van der Waals surface area contributed by atoms with Crippen molar-refractivity contribution in [3.63, 3.8) is 0 Å². The van der Waals surface area contributed by atoms with Crippen LogP contribution in [0.4, 0.5) is 10.9 Å². The molecule has 0 aromatic carbocycles. The molecule has 1 amide bonds. The van der Waals surface area contributed by atoms with Gasteiger partial charge in [0.25, 0.3) is 5.91 Å². The zero-order chi connectivity index (χ0) is 13.8. The molecule has 0 bridgehead atoms. The smallest absolute Gasteiger partial charge is 0.267 e. The lowest BCUT2D eigenvalue weighted by atomic mass is 10.1. The molecule has 2 rings (SSSR count). The molecule has 0 spiro atoms. The van der Waals surface area contributed by atoms with E-state index < -0.39 is 0 Å². The van der Waals surface area contributed by atoms with E-state index in [4.69, 9.17) is 5.73 Å². The van der Waals surface area contributed by atoms with Crippen molar-refractivity contribution in [3.8, 4) is 0 Å². The Kier molecular flexibility index (Phi) is 4.63. The fraction of sp³-hybridized carbons (Fsp3) is 0.692. The van der Waals surface area contributed by atoms with E-state index in [9.17, 15) is 4.79 Å². The molecule has 6 heteroatoms. The van der Waals surface area contributed by atoms with E-state index in [2.05, 4.69) is 23.7 Å². The standard InChI is InChI=1S/C13H22N4OS/c1-3-16(4-2)13-15-11(14)10(19-13)12(18)17-8-6-5-7-9-17/h3-9,14H2,1-2H3. The Bertz CT molecular complexity index is 436. The molecule has 1 aromatic rings. The summed E-state index contributed by atoms with van der Waals surface area (Å²) in [6.07, 6.45) is 3.40. The van der Waals surface area contributed by atoms with Crippen molar-refractivity contribution in [2.45, 2.75) is 33.1 Å². The van der Waals surface area contributed by atoms with E-state index in [1.807, 2.05) is 4.90 Å². The molecule has 0 unspecified atom stereocenters. The van der Waals surface area contributed by atoms with Crippen molar-refractivity contribution in [1.29, 1.82) is 0 Å². The van der Waals surface area contributed by atoms with Crippen molar-refractivity contribution >= 4 is 28.2 Å². The molecule has 1 saturated heterocycles. The summed E-state index contributed by atoms with van der Waals surface area (Å²) in [5.41, 5.74) is 5.92. The van der Waals surface area contributed by atoms with Crippen LogP contribution in [-0.4, -0.2) is 42.0 Å². The second-order valence-electron chi connectivity index (χ2n) is 4.74. The van der Waals surface area contributed by atoms with Crippen molar-refractivity contribution in [3.05, 3.63) is 4.88 Å². The molecule has 1 aliphatic rings. The third-order valence-corrected chi connectivity index (χ3v) is 4.63. The summed E-state index contributed by atoms with van der Waals surface area (Å²) in [5.74, 6) is 0.426. The van der Waals surface area contributed by atoms with Crippen molar-refractivity contribution in [2.24, 2.45) is 0 Å². The van der Waals surface area contributed by atoms with Crippen LogP contribution in [0.5, 0.6) is 0 Å². The van der Waals surface area contributed by atoms with Gasteiger partial charge >= 0.3 is 0 Å². The topological polar surface area (TPSA) is 62.5 Å². The van der Waals surface area contributed by atoms with Gasteiger partial charge in [-0.3, -0.25) is 4.79 Å². The number of piperidine rings is 1. The Morgan fingerprint density at radius 1 is 1.32 bits per heavy atom. The molecule has 106 valence electrons. The lowest BCUT2D eigenvalue weighted by Crippen LogP contribution is -2.35. The lowest BCUT2D eigenvalue weighted by Gasteiger charge is -2.26. The first-order valence-electron chi connectivity index (χ1n) is 6.97. The number of hydrogen-bond acceptors (Lipinski definition) is 5. The maximum atomic E-state index is 12.4. The number of amides is 1. The highest BCUT2D eigenvalue weighted by atomic mass is 32.1. The summed E-state index contributed by atoms with van der Waals surface area (Å²) in [4.78, 5) is 21.4. The Morgan fingerprint density at radius 3 is 2.53 bits per heavy atom. The van der Waals surface area contributed by atoms with Gasteiger partial charge in [0.05, 0.1) is 0 Å². The summed E-state index contributed by atoms with van der Waals surface area (Å²) in [6, 6.07) is 0. The Labute approximate surface area is 118 Å². The van der Waals surface area contributed by atoms with Gasteiger partial charge in [-0.25, -0.2) is 4.98 Å². The minimum absolute atomic E-state index is 0.0492. The van der Waals surface area contributed by atoms with Crippen molar-refractivity contribution in [2.75, 3.05) is 36.8 Å². The number of nitrogens with zero attached hydrogens (tertiary/aromatic N) is 3. The predicted molar refractivity (Wildman–Crippen MR) is 79.8 cm³/mol. The first-order chi connectivity index (χ1) is 9.17. The van der Waals surface area contributed by atoms with E-state index in [0.29, 0.717) is 10.7 Å². The average molecular weight is 282 g/mol. The number of aromatic nitrogens is 1. The number of anilines is 2. The molecule has 0 atom stereocenters. The first kappa shape index (κ1) is 14.1. The SMILES string of the molecule is CCN(CC)c1nc(N)c(C(=O)N2CCCCC2)s1. The van der Waals surface area contributed by atoms with Crippen LogP contribution in [0.3, 0.4) is 0 Å². The molecule has 0 aliphatic carbocycles. The van der Waals surface area contributed by atoms with Crippen LogP contribution < -0.4 is 10.6 Å². The van der Waals surface area contributed by atoms with Gasteiger partial charge in [-0.15, -0.1) is 0 Å². The molecule has 1 aliphatic heterocycles. The van der Waals surface area contributed by atoms with E-state index in [1.54, 1.807) is 0 Å². The van der Waals surface area contributed by atoms with Crippen LogP contribution in [0.1, 0.15) is 42.8 Å². The predicted octanol–water partition coefficient (Wildman–Crippen LogP) is 2.20. The third-order valence-electron chi connectivity index (χ3n) is 3.51. The fourth-order valence-corrected chi connectivity index (χ4v) is 3.42. The van der Waals surface area contributed by atoms with Gasteiger partial charge < -0.3 is 15.5 Å². The maximum Gasteiger partial charge on any atom is 0.267 e. The highest BCUT2D eigenvalue weighted by Gasteiger charge is 2.24. The molecule has 5 nitrogen and oxygen atoms in total. The van der Waals surface area contributed by atoms with Gasteiger partial charge in [-0.2, -0.15) is 0 Å². The summed E-state index contributed by atoms with van der Waals surface area (Å²) in [5, 5.41) is 0.850. The Morgan fingerprint density at radius 2 is 1.95 bits per heavy atom. The van der Waals surface area contributed by atoms with Crippen LogP contribution in [-0.2, 0) is 0 Å². The highest BCUT2D eigenvalue weighted by molar-refractivity contribution is 7.18. The normalized spacial score (nSPS) is 15.6. The zero-order valence-corrected chi connectivity index (χ0v) is 12.5. The molecule has 0 radical (unpaired) electrons. The molecule has 19 heavy (non-hydrogen) atoms. The van der Waals surface area contributed by atoms with E-state index in [1.165, 1.54) is 17.8 Å². The van der Waals surface area contributed by atoms with Gasteiger partial charge in [-0.05, 0) is 33.1 Å². The highest BCUT2D eigenvalue weighted by Crippen LogP contribution is 2.29. The second kappa shape index (κ2) is 6.23. The minimum Gasteiger partial charge on any atom is -0.382 e. The van der Waals surface area contributed by atoms with Gasteiger partial charge in [0, 0.05) is 26.2 Å². The van der Waals surface area contributed by atoms with Gasteiger partial charge in [0.2, 0.25) is 0 Å². The molecular formula is C13H22N4OS. The maximum absolute atomic E-state index is 12.4. The lowest BCUT2D eigenvalue weighted by molar-refractivity contribution is 0.0730. The molecule has 1 aromatic heterocycles. The van der Waals surface area contributed by atoms with Crippen molar-refractivity contribution in [1.82, 2.24) is 9.88 Å². The van der Waals surface area contributed by atoms with Crippen LogP contribution >= 0.6 is 11.3 Å². The van der Waals surface area contributed by atoms with Crippen LogP contribution in [0.2, 0.25) is 0 Å². The first-order valence-corrected chi connectivity index (χ1v) is 7.79. The number of thiazole rings is 1. The molecule has 1 fully saturated rings. The quantitative estimate of drug-likeness (QED) is 0.919. The van der Waals surface area contributed by atoms with Crippen LogP contribution in [0, 0.1) is 0 Å². The summed E-state index contributed by atoms with van der Waals surface area (Å²) >= 11 is 1.42. The van der Waals surface area contributed by atoms with Gasteiger partial charge in [-0.1, -0.05) is 11.3 Å². The van der Waals surface area contributed by atoms with E-state index in [0.717, 1.165) is 44.2 Å². The molecule has 0 saturated carbocycles. The van der Waals surface area contributed by atoms with Crippen molar-refractivity contribution < 1.29 is 4.79 Å². The van der Waals surface area contributed by atoms with Crippen LogP contribution in [0.15, 0.2) is 0 Å². The third kappa shape index (κ3) is 3.00. The van der Waals surface area contributed by atoms with E-state index >= 15 is 0 Å². The molecule has 2 N–H and O–H groups in total. The zero-order valence-electron chi connectivity index (χ0n) is 11.7. The average Bonchev–Trinajstić information content (AvgIpc) is 2.82. The number of nitrogen functional groups attached to an aromatic ring is 1. The molecular weight excluding hydrogens is 260 g/mol. The minimum atomic E-state index is 0.0492. The number of likely N-dealkylation sites (tertiary alicyclic amines) is 1. The largest absolute Gasteiger partial charge is 0.382 e. The summed E-state index contributed by atoms with van der Waals surface area (Å²) < 4.78 is 0. The number of nitrogens with two attached hydrogens (primary N) is 1. The second-order valence-corrected chi connectivity index (χ2v) is 5.71. The number of carbonyl (C=O) groups is 1. The number of hydrogen-bond donors (Lipinski definition) is 1.